The van der Waals surface area contributed by atoms with Gasteiger partial charge in [-0.05, 0) is 0 Å². The van der Waals surface area contributed by atoms with Crippen LogP contribution in [0.2, 0.25) is 0 Å². The van der Waals surface area contributed by atoms with Gasteiger partial charge in [0.15, 0.2) is 0 Å². The van der Waals surface area contributed by atoms with E-state index in [1.165, 1.54) is 21.9 Å². The fourth-order valence-corrected chi connectivity index (χ4v) is 16.5. The Morgan fingerprint density at radius 2 is 1.02 bits per heavy atom. The third-order valence-electron chi connectivity index (χ3n) is 10.6. The normalized spacial score (nSPS) is 15.9. The Labute approximate surface area is 335 Å². The van der Waals surface area contributed by atoms with Crippen LogP contribution in [0.3, 0.4) is 0 Å². The molecule has 0 aliphatic heterocycles. The van der Waals surface area contributed by atoms with Crippen molar-refractivity contribution in [3.63, 3.8) is 0 Å². The van der Waals surface area contributed by atoms with Crippen LogP contribution in [-0.2, 0) is 16.6 Å². The molecule has 13 heteroatoms. The summed E-state index contributed by atoms with van der Waals surface area (Å²) in [6, 6.07) is 4.76. The van der Waals surface area contributed by atoms with E-state index in [-0.39, 0.29) is 60.8 Å². The van der Waals surface area contributed by atoms with Gasteiger partial charge in [0.2, 0.25) is 0 Å². The van der Waals surface area contributed by atoms with E-state index in [9.17, 15) is 10.2 Å². The minimum absolute atomic E-state index is 0.0507. The molecule has 0 aromatic heterocycles. The van der Waals surface area contributed by atoms with Gasteiger partial charge in [0.25, 0.3) is 0 Å². The SMILES string of the molecule is CCCCN(c1ccc(F)[c]([Ti]([C]2=CC=CC2)([C]2=CC=CC2)[c]2c(F)ccc(N(CCCC)C(O)C(C)(CCl)CCl)c2F)c1F)C(O)C(C)(CCl)CCl. The van der Waals surface area contributed by atoms with Crippen molar-refractivity contribution in [2.45, 2.75) is 78.7 Å². The summed E-state index contributed by atoms with van der Waals surface area (Å²) in [4.78, 5) is 2.88. The number of nitrogens with zero attached hydrogens (tertiary/aromatic N) is 2. The quantitative estimate of drug-likeness (QED) is 0.0603. The molecule has 0 saturated heterocycles. The molecule has 0 saturated carbocycles. The van der Waals surface area contributed by atoms with Gasteiger partial charge in [0, 0.05) is 0 Å². The topological polar surface area (TPSA) is 46.9 Å². The number of aliphatic hydroxyl groups is 2. The summed E-state index contributed by atoms with van der Waals surface area (Å²) in [5.74, 6) is -4.10. The minimum atomic E-state index is -5.32. The molecule has 2 atom stereocenters. The Morgan fingerprint density at radius 3 is 1.30 bits per heavy atom. The van der Waals surface area contributed by atoms with Crippen LogP contribution in [0, 0.1) is 34.1 Å². The summed E-state index contributed by atoms with van der Waals surface area (Å²) in [6.07, 6.45) is 10.7. The number of halogens is 8. The molecular formula is C40H50Cl4F4N2O2Ti. The van der Waals surface area contributed by atoms with E-state index in [1.807, 2.05) is 26.0 Å². The summed E-state index contributed by atoms with van der Waals surface area (Å²) < 4.78 is 69.9. The maximum atomic E-state index is 17.9. The van der Waals surface area contributed by atoms with Crippen LogP contribution >= 0.6 is 46.4 Å². The maximum absolute atomic E-state index is 17.9. The van der Waals surface area contributed by atoms with Crippen molar-refractivity contribution >= 4 is 65.5 Å². The van der Waals surface area contributed by atoms with Crippen molar-refractivity contribution < 1.29 is 44.4 Å². The predicted octanol–water partition coefficient (Wildman–Crippen LogP) is 9.85. The van der Waals surface area contributed by atoms with Crippen LogP contribution in [0.15, 0.2) is 68.5 Å². The summed E-state index contributed by atoms with van der Waals surface area (Å²) in [5.41, 5.74) is -2.40. The second kappa shape index (κ2) is 19.1. The molecule has 4 rings (SSSR count). The molecule has 2 N–H and O–H groups in total. The van der Waals surface area contributed by atoms with Crippen molar-refractivity contribution in [2.24, 2.45) is 10.8 Å². The number of aliphatic hydroxyl groups excluding tert-OH is 2. The molecular weight excluding hydrogens is 806 g/mol. The molecule has 0 amide bonds. The van der Waals surface area contributed by atoms with E-state index in [1.54, 1.807) is 38.2 Å². The van der Waals surface area contributed by atoms with Crippen molar-refractivity contribution in [1.82, 2.24) is 0 Å². The second-order valence-electron chi connectivity index (χ2n) is 14.6. The fraction of sp³-hybridized carbons (Fsp3) is 0.500. The molecule has 2 aliphatic carbocycles. The third-order valence-corrected chi connectivity index (χ3v) is 21.0. The molecule has 2 aliphatic rings. The Bertz CT molecular complexity index is 1590. The van der Waals surface area contributed by atoms with Crippen LogP contribution in [0.5, 0.6) is 0 Å². The molecule has 2 unspecified atom stereocenters. The number of benzene rings is 2. The number of rotatable bonds is 20. The first kappa shape index (κ1) is 44.2. The molecule has 0 bridgehead atoms. The van der Waals surface area contributed by atoms with Crippen LogP contribution in [0.1, 0.15) is 66.2 Å². The average molecular weight is 857 g/mol. The predicted molar refractivity (Wildman–Crippen MR) is 211 cm³/mol. The van der Waals surface area contributed by atoms with E-state index in [0.29, 0.717) is 33.4 Å². The Balaban J connectivity index is 2.15. The first-order valence-corrected chi connectivity index (χ1v) is 23.4. The average Bonchev–Trinajstić information content (AvgIpc) is 3.91. The van der Waals surface area contributed by atoms with Crippen molar-refractivity contribution in [3.05, 3.63) is 91.7 Å². The second-order valence-corrected chi connectivity index (χ2v) is 21.6. The Kier molecular flexibility index (Phi) is 15.9. The number of anilines is 2. The molecule has 0 heterocycles. The van der Waals surface area contributed by atoms with Crippen LogP contribution in [0.25, 0.3) is 0 Å². The van der Waals surface area contributed by atoms with Crippen LogP contribution < -0.4 is 17.5 Å². The van der Waals surface area contributed by atoms with Crippen LogP contribution in [0.4, 0.5) is 28.9 Å². The van der Waals surface area contributed by atoms with Gasteiger partial charge in [0.1, 0.15) is 0 Å². The molecule has 2 aromatic rings. The van der Waals surface area contributed by atoms with E-state index in [0.717, 1.165) is 12.1 Å². The molecule has 292 valence electrons. The first-order chi connectivity index (χ1) is 25.3. The molecule has 2 aromatic carbocycles. The Morgan fingerprint density at radius 1 is 0.660 bits per heavy atom. The molecule has 0 spiro atoms. The zero-order valence-corrected chi connectivity index (χ0v) is 35.3. The van der Waals surface area contributed by atoms with Gasteiger partial charge in [-0.1, -0.05) is 0 Å². The van der Waals surface area contributed by atoms with Crippen LogP contribution in [-0.4, -0.2) is 59.3 Å². The summed E-state index contributed by atoms with van der Waals surface area (Å²) in [5, 5.41) is 23.5. The van der Waals surface area contributed by atoms with E-state index < -0.39 is 70.9 Å². The van der Waals surface area contributed by atoms with Gasteiger partial charge in [-0.2, -0.15) is 0 Å². The summed E-state index contributed by atoms with van der Waals surface area (Å²) >= 11 is 19.9. The van der Waals surface area contributed by atoms with Gasteiger partial charge < -0.3 is 0 Å². The van der Waals surface area contributed by atoms with E-state index in [2.05, 4.69) is 0 Å². The zero-order chi connectivity index (χ0) is 39.1. The fourth-order valence-electron chi connectivity index (χ4n) is 7.14. The number of unbranched alkanes of at least 4 members (excludes halogenated alkanes) is 2. The van der Waals surface area contributed by atoms with Gasteiger partial charge in [-0.25, -0.2) is 0 Å². The van der Waals surface area contributed by atoms with Gasteiger partial charge in [0.05, 0.1) is 0 Å². The molecule has 53 heavy (non-hydrogen) atoms. The molecule has 0 fully saturated rings. The third kappa shape index (κ3) is 8.46. The van der Waals surface area contributed by atoms with E-state index >= 15 is 17.6 Å². The Hall–Kier alpha value is -1.49. The first-order valence-electron chi connectivity index (χ1n) is 18.1. The number of hydrogen-bond donors (Lipinski definition) is 2. The molecule has 0 radical (unpaired) electrons. The van der Waals surface area contributed by atoms with Gasteiger partial charge in [-0.3, -0.25) is 0 Å². The summed E-state index contributed by atoms with van der Waals surface area (Å²) in [7, 11) is 0. The van der Waals surface area contributed by atoms with E-state index in [4.69, 9.17) is 46.4 Å². The summed E-state index contributed by atoms with van der Waals surface area (Å²) in [6.45, 7) is 7.61. The monoisotopic (exact) mass is 854 g/mol. The van der Waals surface area contributed by atoms with Crippen molar-refractivity contribution in [3.8, 4) is 0 Å². The number of allylic oxidation sites excluding steroid dienone is 8. The number of hydrogen-bond acceptors (Lipinski definition) is 4. The number of alkyl halides is 4. The standard InChI is InChI=1S/2C15H20Cl2F2NO.2C5H5.Ti/c2*1-3-4-7-20(14(21)15(2,9-16)10-17)13-6-5-11(18)8-12(13)19;2*1-2-4-5-3-1;/h2*5-6,14,21H,3-4,7,9-10H2,1-2H3;2*1-3H,4H2;. The van der Waals surface area contributed by atoms with Gasteiger partial charge in [-0.15, -0.1) is 0 Å². The molecule has 4 nitrogen and oxygen atoms in total. The van der Waals surface area contributed by atoms with Gasteiger partial charge >= 0.3 is 338 Å². The zero-order valence-electron chi connectivity index (χ0n) is 30.7. The van der Waals surface area contributed by atoms with Crippen molar-refractivity contribution in [1.29, 1.82) is 0 Å². The van der Waals surface area contributed by atoms with Crippen molar-refractivity contribution in [2.75, 3.05) is 46.4 Å².